The summed E-state index contributed by atoms with van der Waals surface area (Å²) in [6.07, 6.45) is 1.33. The van der Waals surface area contributed by atoms with E-state index in [4.69, 9.17) is 4.74 Å². The standard InChI is InChI=1S/C30H30N4O4/c1-19-5-4-6-27(20(19)2)33-13-15-34(16-14-33)30(37)22-9-12-24-25(17-22)32-29(36)26(31-24)18-28(35)21-7-10-23(38-3)11-8-21/h4-12,17-18,35H,13-16H2,1-3H3,(H,32,36)/b28-18-. The molecular formula is C30H30N4O4. The summed E-state index contributed by atoms with van der Waals surface area (Å²) in [7, 11) is 1.57. The largest absolute Gasteiger partial charge is 0.507 e. The quantitative estimate of drug-likeness (QED) is 0.382. The van der Waals surface area contributed by atoms with Crippen LogP contribution in [0.3, 0.4) is 0 Å². The molecular weight excluding hydrogens is 480 g/mol. The van der Waals surface area contributed by atoms with Crippen molar-refractivity contribution in [2.24, 2.45) is 0 Å². The van der Waals surface area contributed by atoms with E-state index in [2.05, 4.69) is 46.9 Å². The van der Waals surface area contributed by atoms with E-state index < -0.39 is 5.56 Å². The van der Waals surface area contributed by atoms with Crippen molar-refractivity contribution in [1.82, 2.24) is 14.9 Å². The number of aliphatic hydroxyl groups excluding tert-OH is 1. The predicted octanol–water partition coefficient (Wildman–Crippen LogP) is 4.57. The minimum atomic E-state index is -0.454. The first kappa shape index (κ1) is 25.1. The number of benzene rings is 3. The number of nitrogens with zero attached hydrogens (tertiary/aromatic N) is 3. The molecule has 8 nitrogen and oxygen atoms in total. The Kier molecular flexibility index (Phi) is 6.87. The van der Waals surface area contributed by atoms with Crippen molar-refractivity contribution in [3.8, 4) is 5.75 Å². The number of aryl methyl sites for hydroxylation is 1. The molecule has 0 spiro atoms. The number of aromatic amines is 1. The van der Waals surface area contributed by atoms with Crippen molar-refractivity contribution < 1.29 is 14.6 Å². The maximum atomic E-state index is 13.3. The van der Waals surface area contributed by atoms with E-state index in [9.17, 15) is 14.7 Å². The number of aliphatic hydroxyl groups is 1. The van der Waals surface area contributed by atoms with Crippen molar-refractivity contribution in [3.05, 3.63) is 99.0 Å². The van der Waals surface area contributed by atoms with E-state index in [1.54, 1.807) is 49.6 Å². The molecule has 0 radical (unpaired) electrons. The fourth-order valence-corrected chi connectivity index (χ4v) is 4.72. The van der Waals surface area contributed by atoms with Crippen molar-refractivity contribution in [3.63, 3.8) is 0 Å². The lowest BCUT2D eigenvalue weighted by Gasteiger charge is -2.37. The molecule has 2 N–H and O–H groups in total. The van der Waals surface area contributed by atoms with E-state index in [1.165, 1.54) is 22.9 Å². The first-order chi connectivity index (χ1) is 18.3. The normalized spacial score (nSPS) is 14.1. The SMILES string of the molecule is COc1ccc(/C(O)=C/c2nc3ccc(C(=O)N4CCN(c5cccc(C)c5C)CC4)cc3[nH]c2=O)cc1. The highest BCUT2D eigenvalue weighted by Gasteiger charge is 2.23. The molecule has 0 saturated carbocycles. The van der Waals surface area contributed by atoms with Gasteiger partial charge in [-0.05, 0) is 73.5 Å². The molecule has 0 aliphatic carbocycles. The number of H-pyrrole nitrogens is 1. The lowest BCUT2D eigenvalue weighted by Crippen LogP contribution is -2.49. The lowest BCUT2D eigenvalue weighted by molar-refractivity contribution is 0.0747. The third kappa shape index (κ3) is 4.98. The Morgan fingerprint density at radius 2 is 1.71 bits per heavy atom. The predicted molar refractivity (Wildman–Crippen MR) is 150 cm³/mol. The summed E-state index contributed by atoms with van der Waals surface area (Å²) in [4.78, 5) is 37.3. The van der Waals surface area contributed by atoms with Crippen LogP contribution in [-0.2, 0) is 0 Å². The number of carbonyl (C=O) groups is 1. The Balaban J connectivity index is 1.32. The molecule has 8 heteroatoms. The van der Waals surface area contributed by atoms with Crippen LogP contribution in [0.1, 0.15) is 32.7 Å². The average Bonchev–Trinajstić information content (AvgIpc) is 2.94. The van der Waals surface area contributed by atoms with Gasteiger partial charge in [-0.3, -0.25) is 9.59 Å². The second kappa shape index (κ2) is 10.4. The molecule has 1 aliphatic heterocycles. The first-order valence-electron chi connectivity index (χ1n) is 12.5. The van der Waals surface area contributed by atoms with Gasteiger partial charge in [-0.15, -0.1) is 0 Å². The van der Waals surface area contributed by atoms with Crippen LogP contribution in [0.2, 0.25) is 0 Å². The summed E-state index contributed by atoms with van der Waals surface area (Å²) in [5.74, 6) is 0.503. The summed E-state index contributed by atoms with van der Waals surface area (Å²) >= 11 is 0. The number of hydrogen-bond donors (Lipinski definition) is 2. The minimum Gasteiger partial charge on any atom is -0.507 e. The van der Waals surface area contributed by atoms with Crippen LogP contribution in [-0.4, -0.2) is 59.2 Å². The number of aromatic nitrogens is 2. The number of amides is 1. The van der Waals surface area contributed by atoms with Crippen LogP contribution in [0.5, 0.6) is 5.75 Å². The van der Waals surface area contributed by atoms with E-state index in [-0.39, 0.29) is 17.4 Å². The third-order valence-corrected chi connectivity index (χ3v) is 7.11. The van der Waals surface area contributed by atoms with Crippen LogP contribution < -0.4 is 15.2 Å². The zero-order valence-electron chi connectivity index (χ0n) is 21.7. The number of piperazine rings is 1. The Hall–Kier alpha value is -4.59. The molecule has 0 atom stereocenters. The smallest absolute Gasteiger partial charge is 0.274 e. The van der Waals surface area contributed by atoms with E-state index in [1.807, 2.05) is 4.90 Å². The van der Waals surface area contributed by atoms with Crippen LogP contribution in [0, 0.1) is 13.8 Å². The van der Waals surface area contributed by atoms with E-state index in [0.29, 0.717) is 41.0 Å². The summed E-state index contributed by atoms with van der Waals surface area (Å²) in [6, 6.07) is 18.3. The van der Waals surface area contributed by atoms with Crippen molar-refractivity contribution in [2.75, 3.05) is 38.2 Å². The van der Waals surface area contributed by atoms with Crippen molar-refractivity contribution in [2.45, 2.75) is 13.8 Å². The zero-order chi connectivity index (χ0) is 26.8. The van der Waals surface area contributed by atoms with Gasteiger partial charge in [0.1, 0.15) is 17.2 Å². The monoisotopic (exact) mass is 510 g/mol. The average molecular weight is 511 g/mol. The molecule has 1 aromatic heterocycles. The number of hydrogen-bond acceptors (Lipinski definition) is 6. The number of anilines is 1. The molecule has 38 heavy (non-hydrogen) atoms. The molecule has 1 fully saturated rings. The van der Waals surface area contributed by atoms with Gasteiger partial charge in [-0.1, -0.05) is 12.1 Å². The third-order valence-electron chi connectivity index (χ3n) is 7.11. The van der Waals surface area contributed by atoms with Gasteiger partial charge < -0.3 is 24.6 Å². The Morgan fingerprint density at radius 3 is 2.42 bits per heavy atom. The van der Waals surface area contributed by atoms with E-state index >= 15 is 0 Å². The molecule has 4 aromatic rings. The fourth-order valence-electron chi connectivity index (χ4n) is 4.72. The van der Waals surface area contributed by atoms with Gasteiger partial charge in [0.05, 0.1) is 18.1 Å². The number of fused-ring (bicyclic) bond motifs is 1. The van der Waals surface area contributed by atoms with Crippen molar-refractivity contribution >= 4 is 34.5 Å². The Morgan fingerprint density at radius 1 is 1.00 bits per heavy atom. The maximum Gasteiger partial charge on any atom is 0.274 e. The molecule has 1 amide bonds. The molecule has 194 valence electrons. The lowest BCUT2D eigenvalue weighted by atomic mass is 10.1. The van der Waals surface area contributed by atoms with Gasteiger partial charge in [0.2, 0.25) is 0 Å². The highest BCUT2D eigenvalue weighted by atomic mass is 16.5. The van der Waals surface area contributed by atoms with Crippen LogP contribution in [0.15, 0.2) is 65.5 Å². The van der Waals surface area contributed by atoms with Gasteiger partial charge in [-0.25, -0.2) is 4.98 Å². The molecule has 5 rings (SSSR count). The van der Waals surface area contributed by atoms with Gasteiger partial charge in [0.25, 0.3) is 11.5 Å². The number of carbonyl (C=O) groups excluding carboxylic acids is 1. The summed E-state index contributed by atoms with van der Waals surface area (Å²) in [5.41, 5.74) is 5.39. The van der Waals surface area contributed by atoms with Crippen molar-refractivity contribution in [1.29, 1.82) is 0 Å². The molecule has 3 aromatic carbocycles. The molecule has 0 unspecified atom stereocenters. The second-order valence-corrected chi connectivity index (χ2v) is 9.44. The number of nitrogens with one attached hydrogen (secondary N) is 1. The highest BCUT2D eigenvalue weighted by Crippen LogP contribution is 2.25. The number of methoxy groups -OCH3 is 1. The summed E-state index contributed by atoms with van der Waals surface area (Å²) < 4.78 is 5.13. The van der Waals surface area contributed by atoms with E-state index in [0.717, 1.165) is 13.1 Å². The van der Waals surface area contributed by atoms with Gasteiger partial charge in [0.15, 0.2) is 0 Å². The first-order valence-corrected chi connectivity index (χ1v) is 12.5. The van der Waals surface area contributed by atoms with Crippen LogP contribution >= 0.6 is 0 Å². The fraction of sp³-hybridized carbons (Fsp3) is 0.233. The van der Waals surface area contributed by atoms with Crippen LogP contribution in [0.25, 0.3) is 22.9 Å². The molecule has 0 bridgehead atoms. The van der Waals surface area contributed by atoms with Gasteiger partial charge >= 0.3 is 0 Å². The highest BCUT2D eigenvalue weighted by molar-refractivity contribution is 5.97. The van der Waals surface area contributed by atoms with Gasteiger partial charge in [-0.2, -0.15) is 0 Å². The van der Waals surface area contributed by atoms with Gasteiger partial charge in [0, 0.05) is 49.1 Å². The second-order valence-electron chi connectivity index (χ2n) is 9.44. The minimum absolute atomic E-state index is 0.0746. The molecule has 1 aliphatic rings. The topological polar surface area (TPSA) is 98.8 Å². The number of rotatable bonds is 5. The maximum absolute atomic E-state index is 13.3. The number of ether oxygens (including phenoxy) is 1. The summed E-state index contributed by atoms with van der Waals surface area (Å²) in [5, 5.41) is 10.5. The zero-order valence-corrected chi connectivity index (χ0v) is 21.7. The Labute approximate surface area is 220 Å². The molecule has 1 saturated heterocycles. The molecule has 2 heterocycles. The Bertz CT molecular complexity index is 1580. The van der Waals surface area contributed by atoms with Crippen LogP contribution in [0.4, 0.5) is 5.69 Å². The summed E-state index contributed by atoms with van der Waals surface area (Å²) in [6.45, 7) is 7.00.